The molecule has 140 valence electrons. The van der Waals surface area contributed by atoms with Crippen molar-refractivity contribution in [3.05, 3.63) is 53.8 Å². The number of benzene rings is 2. The molecule has 1 saturated heterocycles. The van der Waals surface area contributed by atoms with E-state index in [4.69, 9.17) is 0 Å². The summed E-state index contributed by atoms with van der Waals surface area (Å²) in [4.78, 5) is 15.1. The number of sulfonamides is 1. The van der Waals surface area contributed by atoms with Gasteiger partial charge in [-0.2, -0.15) is 4.31 Å². The summed E-state index contributed by atoms with van der Waals surface area (Å²) in [6.07, 6.45) is 3.47. The summed E-state index contributed by atoms with van der Waals surface area (Å²) >= 11 is 0. The fourth-order valence-corrected chi connectivity index (χ4v) is 5.12. The molecule has 4 rings (SSSR count). The molecule has 0 saturated carbocycles. The van der Waals surface area contributed by atoms with E-state index >= 15 is 0 Å². The summed E-state index contributed by atoms with van der Waals surface area (Å²) in [5.74, 6) is -0.363. The van der Waals surface area contributed by atoms with Crippen molar-refractivity contribution >= 4 is 27.2 Å². The van der Waals surface area contributed by atoms with Crippen molar-refractivity contribution < 1.29 is 17.6 Å². The molecule has 0 bridgehead atoms. The zero-order chi connectivity index (χ0) is 19.0. The van der Waals surface area contributed by atoms with Gasteiger partial charge >= 0.3 is 0 Å². The van der Waals surface area contributed by atoms with Crippen molar-refractivity contribution in [3.8, 4) is 11.3 Å². The first-order valence-electron chi connectivity index (χ1n) is 8.88. The maximum Gasteiger partial charge on any atom is 0.243 e. The second kappa shape index (κ2) is 6.90. The summed E-state index contributed by atoms with van der Waals surface area (Å²) in [5.41, 5.74) is 2.24. The number of halogens is 1. The highest BCUT2D eigenvalue weighted by molar-refractivity contribution is 7.89. The van der Waals surface area contributed by atoms with Crippen molar-refractivity contribution in [2.75, 3.05) is 13.1 Å². The summed E-state index contributed by atoms with van der Waals surface area (Å²) < 4.78 is 40.6. The number of rotatable bonds is 4. The lowest BCUT2D eigenvalue weighted by atomic mass is 10.1. The van der Waals surface area contributed by atoms with E-state index in [0.29, 0.717) is 47.1 Å². The van der Waals surface area contributed by atoms with Gasteiger partial charge in [-0.05, 0) is 60.9 Å². The molecule has 0 atom stereocenters. The molecule has 5 nitrogen and oxygen atoms in total. The largest absolute Gasteiger partial charge is 0.354 e. The Morgan fingerprint density at radius 2 is 1.70 bits per heavy atom. The van der Waals surface area contributed by atoms with Gasteiger partial charge in [0.1, 0.15) is 5.82 Å². The highest BCUT2D eigenvalue weighted by Crippen LogP contribution is 2.32. The number of H-pyrrole nitrogens is 1. The third-order valence-corrected chi connectivity index (χ3v) is 6.91. The van der Waals surface area contributed by atoms with Crippen molar-refractivity contribution in [2.45, 2.75) is 24.2 Å². The third kappa shape index (κ3) is 3.17. The number of nitrogens with one attached hydrogen (secondary N) is 1. The van der Waals surface area contributed by atoms with E-state index in [0.717, 1.165) is 19.3 Å². The Morgan fingerprint density at radius 1 is 1.00 bits per heavy atom. The van der Waals surface area contributed by atoms with Crippen LogP contribution in [0.25, 0.3) is 22.2 Å². The predicted octanol–water partition coefficient (Wildman–Crippen LogP) is 3.96. The van der Waals surface area contributed by atoms with Crippen LogP contribution in [0.2, 0.25) is 0 Å². The molecule has 2 aromatic carbocycles. The highest BCUT2D eigenvalue weighted by Gasteiger charge is 2.26. The van der Waals surface area contributed by atoms with Crippen LogP contribution in [0.5, 0.6) is 0 Å². The first kappa shape index (κ1) is 17.9. The Morgan fingerprint density at radius 3 is 2.37 bits per heavy atom. The quantitative estimate of drug-likeness (QED) is 0.690. The first-order valence-corrected chi connectivity index (χ1v) is 10.3. The molecule has 0 amide bonds. The average molecular weight is 386 g/mol. The van der Waals surface area contributed by atoms with Gasteiger partial charge in [-0.1, -0.05) is 6.42 Å². The molecule has 0 radical (unpaired) electrons. The molecule has 7 heteroatoms. The van der Waals surface area contributed by atoms with Gasteiger partial charge in [0.05, 0.1) is 10.6 Å². The van der Waals surface area contributed by atoms with Crippen molar-refractivity contribution in [2.24, 2.45) is 0 Å². The maximum atomic E-state index is 13.2. The number of carbonyl (C=O) groups excluding carboxylic acids is 1. The molecule has 2 heterocycles. The Labute approximate surface area is 156 Å². The minimum Gasteiger partial charge on any atom is -0.354 e. The SMILES string of the molecule is O=Cc1c(-c2ccc(F)cc2)[nH]c2ccc(S(=O)(=O)N3CCCCC3)cc12. The molecule has 1 aliphatic rings. The van der Waals surface area contributed by atoms with E-state index in [2.05, 4.69) is 4.98 Å². The van der Waals surface area contributed by atoms with Gasteiger partial charge in [0, 0.05) is 29.6 Å². The normalized spacial score (nSPS) is 15.9. The van der Waals surface area contributed by atoms with Gasteiger partial charge in [-0.25, -0.2) is 12.8 Å². The lowest BCUT2D eigenvalue weighted by Crippen LogP contribution is -2.35. The average Bonchev–Trinajstić information content (AvgIpc) is 3.07. The van der Waals surface area contributed by atoms with Gasteiger partial charge in [0.25, 0.3) is 0 Å². The van der Waals surface area contributed by atoms with Crippen LogP contribution >= 0.6 is 0 Å². The van der Waals surface area contributed by atoms with E-state index in [-0.39, 0.29) is 10.7 Å². The first-order chi connectivity index (χ1) is 13.0. The van der Waals surface area contributed by atoms with Gasteiger partial charge in [0.2, 0.25) is 10.0 Å². The maximum absolute atomic E-state index is 13.2. The van der Waals surface area contributed by atoms with Gasteiger partial charge in [-0.3, -0.25) is 4.79 Å². The zero-order valence-electron chi connectivity index (χ0n) is 14.6. The number of piperidine rings is 1. The highest BCUT2D eigenvalue weighted by atomic mass is 32.2. The lowest BCUT2D eigenvalue weighted by Gasteiger charge is -2.25. The number of fused-ring (bicyclic) bond motifs is 1. The van der Waals surface area contributed by atoms with Crippen LogP contribution in [0, 0.1) is 5.82 Å². The van der Waals surface area contributed by atoms with Crippen LogP contribution in [0.1, 0.15) is 29.6 Å². The van der Waals surface area contributed by atoms with Gasteiger partial charge < -0.3 is 4.98 Å². The van der Waals surface area contributed by atoms with Gasteiger partial charge in [-0.15, -0.1) is 0 Å². The van der Waals surface area contributed by atoms with Crippen LogP contribution in [-0.4, -0.2) is 37.1 Å². The van der Waals surface area contributed by atoms with Crippen LogP contribution in [0.4, 0.5) is 4.39 Å². The van der Waals surface area contributed by atoms with Crippen LogP contribution in [0.15, 0.2) is 47.4 Å². The molecule has 1 N–H and O–H groups in total. The molecule has 27 heavy (non-hydrogen) atoms. The molecule has 3 aromatic rings. The van der Waals surface area contributed by atoms with E-state index in [9.17, 15) is 17.6 Å². The lowest BCUT2D eigenvalue weighted by molar-refractivity contribution is 0.112. The number of aromatic nitrogens is 1. The number of aldehydes is 1. The fourth-order valence-electron chi connectivity index (χ4n) is 3.57. The van der Waals surface area contributed by atoms with Crippen LogP contribution in [0.3, 0.4) is 0 Å². The van der Waals surface area contributed by atoms with E-state index < -0.39 is 10.0 Å². The number of hydrogen-bond acceptors (Lipinski definition) is 3. The van der Waals surface area contributed by atoms with E-state index in [1.165, 1.54) is 16.4 Å². The molecule has 1 aliphatic heterocycles. The van der Waals surface area contributed by atoms with Crippen molar-refractivity contribution in [1.29, 1.82) is 0 Å². The van der Waals surface area contributed by atoms with E-state index in [1.54, 1.807) is 30.3 Å². The summed E-state index contributed by atoms with van der Waals surface area (Å²) in [6, 6.07) is 10.6. The Balaban J connectivity index is 1.82. The Kier molecular flexibility index (Phi) is 4.57. The Hall–Kier alpha value is -2.51. The second-order valence-electron chi connectivity index (χ2n) is 6.71. The molecule has 0 spiro atoms. The standard InChI is InChI=1S/C20H19FN2O3S/c21-15-6-4-14(5-7-15)20-18(13-24)17-12-16(8-9-19(17)22-20)27(25,26)23-10-2-1-3-11-23/h4-9,12-13,22H,1-3,10-11H2. The fraction of sp³-hybridized carbons (Fsp3) is 0.250. The number of nitrogens with zero attached hydrogens (tertiary/aromatic N) is 1. The topological polar surface area (TPSA) is 70.2 Å². The van der Waals surface area contributed by atoms with Crippen LogP contribution in [-0.2, 0) is 10.0 Å². The number of aromatic amines is 1. The molecule has 1 fully saturated rings. The number of carbonyl (C=O) groups is 1. The predicted molar refractivity (Wildman–Crippen MR) is 102 cm³/mol. The summed E-state index contributed by atoms with van der Waals surface area (Å²) in [7, 11) is -3.59. The zero-order valence-corrected chi connectivity index (χ0v) is 15.4. The monoisotopic (exact) mass is 386 g/mol. The minimum atomic E-state index is -3.59. The molecule has 0 unspecified atom stereocenters. The third-order valence-electron chi connectivity index (χ3n) is 5.01. The van der Waals surface area contributed by atoms with Crippen molar-refractivity contribution in [3.63, 3.8) is 0 Å². The minimum absolute atomic E-state index is 0.185. The second-order valence-corrected chi connectivity index (χ2v) is 8.65. The number of hydrogen-bond donors (Lipinski definition) is 1. The molecular formula is C20H19FN2O3S. The molecule has 1 aromatic heterocycles. The summed E-state index contributed by atoms with van der Waals surface area (Å²) in [6.45, 7) is 1.05. The van der Waals surface area contributed by atoms with Crippen LogP contribution < -0.4 is 0 Å². The molecule has 0 aliphatic carbocycles. The smallest absolute Gasteiger partial charge is 0.243 e. The van der Waals surface area contributed by atoms with Gasteiger partial charge in [0.15, 0.2) is 6.29 Å². The van der Waals surface area contributed by atoms with E-state index in [1.807, 2.05) is 0 Å². The Bertz CT molecular complexity index is 1100. The van der Waals surface area contributed by atoms with Crippen molar-refractivity contribution in [1.82, 2.24) is 9.29 Å². The summed E-state index contributed by atoms with van der Waals surface area (Å²) in [5, 5.41) is 0.544. The molecular weight excluding hydrogens is 367 g/mol.